The summed E-state index contributed by atoms with van der Waals surface area (Å²) in [5.41, 5.74) is 1.64. The van der Waals surface area contributed by atoms with Crippen molar-refractivity contribution in [2.75, 3.05) is 19.8 Å². The van der Waals surface area contributed by atoms with Crippen molar-refractivity contribution in [3.8, 4) is 0 Å². The van der Waals surface area contributed by atoms with E-state index in [-0.39, 0.29) is 19.8 Å². The molecule has 0 spiro atoms. The van der Waals surface area contributed by atoms with E-state index in [1.165, 1.54) is 0 Å². The molecule has 0 amide bonds. The Hall–Kier alpha value is -2.99. The maximum Gasteiger partial charge on any atom is 0.316 e. The van der Waals surface area contributed by atoms with Crippen molar-refractivity contribution in [2.45, 2.75) is 19.8 Å². The fourth-order valence-corrected chi connectivity index (χ4v) is 3.13. The molecular formula is C26H28O5. The highest BCUT2D eigenvalue weighted by molar-refractivity contribution is 5.75. The first kappa shape index (κ1) is 22.7. The van der Waals surface area contributed by atoms with E-state index < -0.39 is 11.4 Å². The minimum atomic E-state index is -1.31. The van der Waals surface area contributed by atoms with E-state index in [0.29, 0.717) is 19.8 Å². The van der Waals surface area contributed by atoms with E-state index >= 15 is 0 Å². The number of aliphatic carboxylic acids is 1. The van der Waals surface area contributed by atoms with Crippen LogP contribution in [0.25, 0.3) is 0 Å². The Morgan fingerprint density at radius 3 is 1.13 bits per heavy atom. The topological polar surface area (TPSA) is 65.0 Å². The van der Waals surface area contributed by atoms with E-state index in [4.69, 9.17) is 14.2 Å². The molecule has 5 heteroatoms. The average molecular weight is 421 g/mol. The number of carbonyl (C=O) groups is 1. The fourth-order valence-electron chi connectivity index (χ4n) is 3.13. The third-order valence-corrected chi connectivity index (χ3v) is 4.92. The fraction of sp³-hybridized carbons (Fsp3) is 0.269. The lowest BCUT2D eigenvalue weighted by molar-refractivity contribution is -0.167. The Bertz CT molecular complexity index is 786. The molecule has 0 atom stereocenters. The molecule has 3 aromatic rings. The number of ether oxygens (including phenoxy) is 3. The molecule has 0 bridgehead atoms. The van der Waals surface area contributed by atoms with Gasteiger partial charge >= 0.3 is 5.97 Å². The molecular weight excluding hydrogens is 392 g/mol. The van der Waals surface area contributed by atoms with Crippen molar-refractivity contribution >= 4 is 5.97 Å². The zero-order valence-corrected chi connectivity index (χ0v) is 17.5. The summed E-state index contributed by atoms with van der Waals surface area (Å²) in [5, 5.41) is 10.1. The molecule has 0 saturated heterocycles. The lowest BCUT2D eigenvalue weighted by Gasteiger charge is -2.29. The second kappa shape index (κ2) is 12.0. The summed E-state index contributed by atoms with van der Waals surface area (Å²) in [5.74, 6) is -0.998. The first-order valence-electron chi connectivity index (χ1n) is 10.3. The molecule has 0 aliphatic carbocycles. The molecule has 0 fully saturated rings. The molecule has 1 N–H and O–H groups in total. The summed E-state index contributed by atoms with van der Waals surface area (Å²) in [6.07, 6.45) is 0. The molecule has 0 unspecified atom stereocenters. The van der Waals surface area contributed by atoms with Crippen LogP contribution < -0.4 is 0 Å². The standard InChI is InChI=1S/C26H28O5/c27-25(28)26(19-29-16-22-10-4-1-5-11-22,20-30-17-23-12-6-2-7-13-23)21-31-18-24-14-8-3-9-15-24/h1-15H,16-21H2,(H,27,28). The molecule has 0 heterocycles. The molecule has 0 aromatic heterocycles. The van der Waals surface area contributed by atoms with Crippen molar-refractivity contribution < 1.29 is 24.1 Å². The largest absolute Gasteiger partial charge is 0.481 e. The summed E-state index contributed by atoms with van der Waals surface area (Å²) >= 11 is 0. The summed E-state index contributed by atoms with van der Waals surface area (Å²) < 4.78 is 17.4. The molecule has 31 heavy (non-hydrogen) atoms. The number of carboxylic acids is 1. The Morgan fingerprint density at radius 1 is 0.581 bits per heavy atom. The average Bonchev–Trinajstić information content (AvgIpc) is 2.81. The smallest absolute Gasteiger partial charge is 0.316 e. The van der Waals surface area contributed by atoms with Gasteiger partial charge in [-0.25, -0.2) is 0 Å². The van der Waals surface area contributed by atoms with Gasteiger partial charge in [0.15, 0.2) is 0 Å². The van der Waals surface area contributed by atoms with Crippen molar-refractivity contribution in [1.82, 2.24) is 0 Å². The van der Waals surface area contributed by atoms with Gasteiger partial charge in [-0.15, -0.1) is 0 Å². The van der Waals surface area contributed by atoms with Crippen LogP contribution in [-0.2, 0) is 38.8 Å². The van der Waals surface area contributed by atoms with E-state index in [1.807, 2.05) is 91.0 Å². The van der Waals surface area contributed by atoms with E-state index in [2.05, 4.69) is 0 Å². The van der Waals surface area contributed by atoms with Gasteiger partial charge in [-0.1, -0.05) is 91.0 Å². The SMILES string of the molecule is O=C(O)C(COCc1ccccc1)(COCc1ccccc1)COCc1ccccc1. The van der Waals surface area contributed by atoms with E-state index in [1.54, 1.807) is 0 Å². The minimum absolute atomic E-state index is 0.0131. The van der Waals surface area contributed by atoms with Gasteiger partial charge in [0.05, 0.1) is 39.6 Å². The predicted molar refractivity (Wildman–Crippen MR) is 118 cm³/mol. The van der Waals surface area contributed by atoms with Gasteiger partial charge in [0.2, 0.25) is 0 Å². The van der Waals surface area contributed by atoms with Crippen LogP contribution in [0, 0.1) is 5.41 Å². The van der Waals surface area contributed by atoms with Crippen LogP contribution in [0.2, 0.25) is 0 Å². The molecule has 162 valence electrons. The number of carboxylic acid groups (broad SMARTS) is 1. The van der Waals surface area contributed by atoms with Crippen LogP contribution in [0.3, 0.4) is 0 Å². The molecule has 0 saturated carbocycles. The lowest BCUT2D eigenvalue weighted by Crippen LogP contribution is -2.44. The molecule has 5 nitrogen and oxygen atoms in total. The summed E-state index contributed by atoms with van der Waals surface area (Å²) in [6, 6.07) is 29.0. The normalized spacial score (nSPS) is 11.4. The Kier molecular flexibility index (Phi) is 8.79. The number of hydrogen-bond acceptors (Lipinski definition) is 4. The molecule has 0 aliphatic rings. The van der Waals surface area contributed by atoms with Crippen LogP contribution in [-0.4, -0.2) is 30.9 Å². The van der Waals surface area contributed by atoms with Gasteiger partial charge in [0.1, 0.15) is 5.41 Å². The second-order valence-electron chi connectivity index (χ2n) is 7.52. The van der Waals surface area contributed by atoms with Crippen molar-refractivity contribution in [2.24, 2.45) is 5.41 Å². The Balaban J connectivity index is 1.63. The second-order valence-corrected chi connectivity index (χ2v) is 7.52. The number of hydrogen-bond donors (Lipinski definition) is 1. The van der Waals surface area contributed by atoms with Gasteiger partial charge < -0.3 is 19.3 Å². The van der Waals surface area contributed by atoms with Crippen LogP contribution in [0.5, 0.6) is 0 Å². The van der Waals surface area contributed by atoms with Crippen LogP contribution in [0.4, 0.5) is 0 Å². The van der Waals surface area contributed by atoms with Gasteiger partial charge in [0, 0.05) is 0 Å². The lowest BCUT2D eigenvalue weighted by atomic mass is 9.91. The summed E-state index contributed by atoms with van der Waals surface area (Å²) in [7, 11) is 0. The quantitative estimate of drug-likeness (QED) is 0.434. The zero-order valence-electron chi connectivity index (χ0n) is 17.5. The summed E-state index contributed by atoms with van der Waals surface area (Å²) in [4.78, 5) is 12.3. The van der Waals surface area contributed by atoms with E-state index in [9.17, 15) is 9.90 Å². The monoisotopic (exact) mass is 420 g/mol. The van der Waals surface area contributed by atoms with Crippen molar-refractivity contribution in [3.05, 3.63) is 108 Å². The Labute approximate surface area is 183 Å². The first-order chi connectivity index (χ1) is 15.2. The highest BCUT2D eigenvalue weighted by Crippen LogP contribution is 2.23. The maximum absolute atomic E-state index is 12.3. The third kappa shape index (κ3) is 7.33. The molecule has 0 radical (unpaired) electrons. The number of benzene rings is 3. The van der Waals surface area contributed by atoms with Crippen LogP contribution in [0.1, 0.15) is 16.7 Å². The van der Waals surface area contributed by atoms with Gasteiger partial charge in [0.25, 0.3) is 0 Å². The molecule has 0 aliphatic heterocycles. The van der Waals surface area contributed by atoms with Gasteiger partial charge in [-0.05, 0) is 16.7 Å². The highest BCUT2D eigenvalue weighted by atomic mass is 16.5. The predicted octanol–water partition coefficient (Wildman–Crippen LogP) is 4.71. The molecule has 3 aromatic carbocycles. The van der Waals surface area contributed by atoms with Crippen LogP contribution >= 0.6 is 0 Å². The molecule has 3 rings (SSSR count). The Morgan fingerprint density at radius 2 is 0.871 bits per heavy atom. The highest BCUT2D eigenvalue weighted by Gasteiger charge is 2.40. The zero-order chi connectivity index (χ0) is 21.8. The third-order valence-electron chi connectivity index (χ3n) is 4.92. The van der Waals surface area contributed by atoms with Crippen molar-refractivity contribution in [3.63, 3.8) is 0 Å². The first-order valence-corrected chi connectivity index (χ1v) is 10.3. The van der Waals surface area contributed by atoms with E-state index in [0.717, 1.165) is 16.7 Å². The van der Waals surface area contributed by atoms with Crippen LogP contribution in [0.15, 0.2) is 91.0 Å². The minimum Gasteiger partial charge on any atom is -0.481 e. The maximum atomic E-state index is 12.3. The van der Waals surface area contributed by atoms with Gasteiger partial charge in [-0.3, -0.25) is 4.79 Å². The summed E-state index contributed by atoms with van der Waals surface area (Å²) in [6.45, 7) is 0.941. The van der Waals surface area contributed by atoms with Gasteiger partial charge in [-0.2, -0.15) is 0 Å². The van der Waals surface area contributed by atoms with Crippen molar-refractivity contribution in [1.29, 1.82) is 0 Å². The number of rotatable bonds is 13.